The predicted molar refractivity (Wildman–Crippen MR) is 66.3 cm³/mol. The molecule has 0 saturated carbocycles. The van der Waals surface area contributed by atoms with Crippen molar-refractivity contribution >= 4 is 5.69 Å². The van der Waals surface area contributed by atoms with Crippen molar-refractivity contribution in [3.8, 4) is 6.07 Å². The minimum atomic E-state index is -0.286. The van der Waals surface area contributed by atoms with Gasteiger partial charge in [0.1, 0.15) is 0 Å². The van der Waals surface area contributed by atoms with Crippen molar-refractivity contribution in [3.63, 3.8) is 0 Å². The van der Waals surface area contributed by atoms with E-state index in [9.17, 15) is 0 Å². The first-order valence-electron chi connectivity index (χ1n) is 5.79. The van der Waals surface area contributed by atoms with E-state index >= 15 is 0 Å². The highest BCUT2D eigenvalue weighted by Gasteiger charge is 2.30. The van der Waals surface area contributed by atoms with Crippen LogP contribution in [0.4, 0.5) is 5.69 Å². The van der Waals surface area contributed by atoms with E-state index in [0.29, 0.717) is 6.04 Å². The van der Waals surface area contributed by atoms with Crippen molar-refractivity contribution in [2.24, 2.45) is 5.41 Å². The fourth-order valence-corrected chi connectivity index (χ4v) is 2.33. The van der Waals surface area contributed by atoms with Gasteiger partial charge in [-0.3, -0.25) is 0 Å². The summed E-state index contributed by atoms with van der Waals surface area (Å²) in [5.74, 6) is 0. The minimum absolute atomic E-state index is 0.286. The molecule has 1 unspecified atom stereocenters. The van der Waals surface area contributed by atoms with Crippen LogP contribution < -0.4 is 4.90 Å². The number of benzene rings is 1. The van der Waals surface area contributed by atoms with Gasteiger partial charge in [-0.15, -0.1) is 0 Å². The molecule has 0 fully saturated rings. The lowest BCUT2D eigenvalue weighted by Gasteiger charge is -2.30. The van der Waals surface area contributed by atoms with E-state index in [2.05, 4.69) is 42.2 Å². The van der Waals surface area contributed by atoms with Crippen molar-refractivity contribution in [1.29, 1.82) is 5.26 Å². The summed E-state index contributed by atoms with van der Waals surface area (Å²) in [7, 11) is 0. The first-order chi connectivity index (χ1) is 7.53. The topological polar surface area (TPSA) is 27.0 Å². The summed E-state index contributed by atoms with van der Waals surface area (Å²) in [6, 6.07) is 11.4. The Kier molecular flexibility index (Phi) is 2.63. The van der Waals surface area contributed by atoms with Crippen LogP contribution in [0.25, 0.3) is 0 Å². The number of hydrogen-bond acceptors (Lipinski definition) is 2. The summed E-state index contributed by atoms with van der Waals surface area (Å²) in [4.78, 5) is 2.36. The molecule has 0 aliphatic carbocycles. The molecule has 2 heteroatoms. The minimum Gasteiger partial charge on any atom is -0.367 e. The molecule has 1 aliphatic heterocycles. The van der Waals surface area contributed by atoms with Crippen LogP contribution in [0.1, 0.15) is 26.3 Å². The van der Waals surface area contributed by atoms with Gasteiger partial charge in [-0.05, 0) is 38.8 Å². The molecule has 0 amide bonds. The zero-order valence-corrected chi connectivity index (χ0v) is 10.2. The maximum atomic E-state index is 9.11. The monoisotopic (exact) mass is 214 g/mol. The second-order valence-electron chi connectivity index (χ2n) is 5.31. The molecule has 0 N–H and O–H groups in total. The molecular formula is C14H18N2. The van der Waals surface area contributed by atoms with Gasteiger partial charge < -0.3 is 4.90 Å². The third kappa shape index (κ3) is 1.90. The highest BCUT2D eigenvalue weighted by Crippen LogP contribution is 2.34. The summed E-state index contributed by atoms with van der Waals surface area (Å²) in [6.45, 7) is 7.04. The average molecular weight is 214 g/mol. The molecule has 0 aromatic heterocycles. The Balaban J connectivity index is 2.27. The van der Waals surface area contributed by atoms with E-state index in [1.54, 1.807) is 0 Å². The van der Waals surface area contributed by atoms with Crippen molar-refractivity contribution in [1.82, 2.24) is 0 Å². The zero-order valence-electron chi connectivity index (χ0n) is 10.2. The normalized spacial score (nSPS) is 19.4. The Morgan fingerprint density at radius 3 is 2.81 bits per heavy atom. The standard InChI is InChI=1S/C14H18N2/c1-11-8-12-6-4-5-7-13(12)16(11)10-14(2,3)9-15/h4-7,11H,8,10H2,1-3H3. The molecule has 2 nitrogen and oxygen atoms in total. The van der Waals surface area contributed by atoms with Crippen molar-refractivity contribution in [3.05, 3.63) is 29.8 Å². The van der Waals surface area contributed by atoms with E-state index in [0.717, 1.165) is 13.0 Å². The fourth-order valence-electron chi connectivity index (χ4n) is 2.33. The van der Waals surface area contributed by atoms with Crippen molar-refractivity contribution < 1.29 is 0 Å². The first-order valence-corrected chi connectivity index (χ1v) is 5.79. The third-order valence-corrected chi connectivity index (χ3v) is 3.22. The maximum Gasteiger partial charge on any atom is 0.0702 e. The molecule has 0 spiro atoms. The van der Waals surface area contributed by atoms with Gasteiger partial charge in [0, 0.05) is 18.3 Å². The van der Waals surface area contributed by atoms with Gasteiger partial charge in [0.15, 0.2) is 0 Å². The Morgan fingerprint density at radius 1 is 1.44 bits per heavy atom. The smallest absolute Gasteiger partial charge is 0.0702 e. The van der Waals surface area contributed by atoms with Crippen LogP contribution in [0.5, 0.6) is 0 Å². The average Bonchev–Trinajstić information content (AvgIpc) is 2.56. The quantitative estimate of drug-likeness (QED) is 0.756. The third-order valence-electron chi connectivity index (χ3n) is 3.22. The van der Waals surface area contributed by atoms with Gasteiger partial charge in [-0.1, -0.05) is 18.2 Å². The van der Waals surface area contributed by atoms with Gasteiger partial charge in [0.25, 0.3) is 0 Å². The van der Waals surface area contributed by atoms with Crippen LogP contribution in [0, 0.1) is 16.7 Å². The molecule has 0 radical (unpaired) electrons. The van der Waals surface area contributed by atoms with Crippen LogP contribution in [-0.2, 0) is 6.42 Å². The second kappa shape index (κ2) is 3.83. The van der Waals surface area contributed by atoms with E-state index in [1.807, 2.05) is 13.8 Å². The number of fused-ring (bicyclic) bond motifs is 1. The molecule has 0 saturated heterocycles. The lowest BCUT2D eigenvalue weighted by atomic mass is 9.94. The summed E-state index contributed by atoms with van der Waals surface area (Å²) < 4.78 is 0. The number of anilines is 1. The van der Waals surface area contributed by atoms with Crippen LogP contribution in [0.15, 0.2) is 24.3 Å². The Labute approximate surface area is 97.5 Å². The summed E-state index contributed by atoms with van der Waals surface area (Å²) in [5, 5.41) is 9.11. The van der Waals surface area contributed by atoms with Crippen LogP contribution >= 0.6 is 0 Å². The lowest BCUT2D eigenvalue weighted by Crippen LogP contribution is -2.37. The van der Waals surface area contributed by atoms with Gasteiger partial charge in [0.2, 0.25) is 0 Å². The van der Waals surface area contributed by atoms with E-state index in [1.165, 1.54) is 11.3 Å². The van der Waals surface area contributed by atoms with Crippen LogP contribution in [0.3, 0.4) is 0 Å². The molecule has 2 rings (SSSR count). The largest absolute Gasteiger partial charge is 0.367 e. The molecule has 1 aromatic carbocycles. The van der Waals surface area contributed by atoms with E-state index in [-0.39, 0.29) is 5.41 Å². The second-order valence-corrected chi connectivity index (χ2v) is 5.31. The molecule has 1 aromatic rings. The number of hydrogen-bond donors (Lipinski definition) is 0. The van der Waals surface area contributed by atoms with E-state index in [4.69, 9.17) is 5.26 Å². The Morgan fingerprint density at radius 2 is 2.12 bits per heavy atom. The Bertz CT molecular complexity index is 429. The zero-order chi connectivity index (χ0) is 11.8. The molecular weight excluding hydrogens is 196 g/mol. The first kappa shape index (κ1) is 11.0. The Hall–Kier alpha value is -1.49. The van der Waals surface area contributed by atoms with E-state index < -0.39 is 0 Å². The van der Waals surface area contributed by atoms with Crippen molar-refractivity contribution in [2.75, 3.05) is 11.4 Å². The lowest BCUT2D eigenvalue weighted by molar-refractivity contribution is 0.467. The SMILES string of the molecule is CC1Cc2ccccc2N1CC(C)(C)C#N. The fraction of sp³-hybridized carbons (Fsp3) is 0.500. The predicted octanol–water partition coefficient (Wildman–Crippen LogP) is 2.99. The summed E-state index contributed by atoms with van der Waals surface area (Å²) >= 11 is 0. The highest BCUT2D eigenvalue weighted by molar-refractivity contribution is 5.59. The number of rotatable bonds is 2. The maximum absolute atomic E-state index is 9.11. The molecule has 0 bridgehead atoms. The number of nitriles is 1. The van der Waals surface area contributed by atoms with Gasteiger partial charge in [-0.25, -0.2) is 0 Å². The number of para-hydroxylation sites is 1. The summed E-state index contributed by atoms with van der Waals surface area (Å²) in [5.41, 5.74) is 2.42. The molecule has 1 heterocycles. The molecule has 16 heavy (non-hydrogen) atoms. The summed E-state index contributed by atoms with van der Waals surface area (Å²) in [6.07, 6.45) is 1.09. The van der Waals surface area contributed by atoms with Gasteiger partial charge in [-0.2, -0.15) is 5.26 Å². The van der Waals surface area contributed by atoms with Gasteiger partial charge >= 0.3 is 0 Å². The molecule has 1 atom stereocenters. The van der Waals surface area contributed by atoms with Crippen molar-refractivity contribution in [2.45, 2.75) is 33.2 Å². The van der Waals surface area contributed by atoms with Crippen LogP contribution in [0.2, 0.25) is 0 Å². The molecule has 84 valence electrons. The number of nitrogens with zero attached hydrogens (tertiary/aromatic N) is 2. The highest BCUT2D eigenvalue weighted by atomic mass is 15.2. The molecule has 1 aliphatic rings. The van der Waals surface area contributed by atoms with Crippen LogP contribution in [-0.4, -0.2) is 12.6 Å². The van der Waals surface area contributed by atoms with Gasteiger partial charge in [0.05, 0.1) is 11.5 Å².